The van der Waals surface area contributed by atoms with Crippen molar-refractivity contribution in [3.8, 4) is 0 Å². The van der Waals surface area contributed by atoms with Gasteiger partial charge >= 0.3 is 0 Å². The second-order valence-corrected chi connectivity index (χ2v) is 6.41. The Morgan fingerprint density at radius 2 is 2.18 bits per heavy atom. The lowest BCUT2D eigenvalue weighted by Gasteiger charge is -2.15. The van der Waals surface area contributed by atoms with E-state index in [1.54, 1.807) is 12.3 Å². The maximum Gasteiger partial charge on any atom is 0.271 e. The number of halogens is 3. The molecule has 1 unspecified atom stereocenters. The van der Waals surface area contributed by atoms with E-state index in [4.69, 9.17) is 28.9 Å². The summed E-state index contributed by atoms with van der Waals surface area (Å²) in [4.78, 5) is 16.3. The molecule has 1 amide bonds. The van der Waals surface area contributed by atoms with Crippen LogP contribution in [0.1, 0.15) is 34.0 Å². The molecule has 2 aromatic rings. The molecule has 22 heavy (non-hydrogen) atoms. The number of aromatic nitrogens is 1. The van der Waals surface area contributed by atoms with E-state index in [1.165, 1.54) is 23.5 Å². The van der Waals surface area contributed by atoms with Gasteiger partial charge in [0.15, 0.2) is 0 Å². The average molecular weight is 362 g/mol. The fourth-order valence-corrected chi connectivity index (χ4v) is 3.21. The molecule has 1 heterocycles. The number of nitrogens with zero attached hydrogens (tertiary/aromatic N) is 1. The standard InChI is InChI=1S/C14H14Cl2FN3OS/c1-7(8-4-11(17)10(16)5-9(8)15)19-14(21)12-6-22-13(20-12)2-3-18/h4-7H,2-3,18H2,1H3,(H,19,21). The fourth-order valence-electron chi connectivity index (χ4n) is 1.87. The van der Waals surface area contributed by atoms with Gasteiger partial charge in [0.1, 0.15) is 11.5 Å². The monoisotopic (exact) mass is 361 g/mol. The van der Waals surface area contributed by atoms with E-state index in [-0.39, 0.29) is 10.9 Å². The number of nitrogens with one attached hydrogen (secondary N) is 1. The molecule has 1 atom stereocenters. The average Bonchev–Trinajstić information content (AvgIpc) is 2.92. The van der Waals surface area contributed by atoms with Gasteiger partial charge in [-0.2, -0.15) is 0 Å². The zero-order valence-electron chi connectivity index (χ0n) is 11.7. The first-order valence-electron chi connectivity index (χ1n) is 6.52. The van der Waals surface area contributed by atoms with E-state index in [2.05, 4.69) is 10.3 Å². The predicted octanol–water partition coefficient (Wildman–Crippen LogP) is 3.58. The number of carbonyl (C=O) groups is 1. The highest BCUT2D eigenvalue weighted by molar-refractivity contribution is 7.09. The summed E-state index contributed by atoms with van der Waals surface area (Å²) in [6.45, 7) is 2.18. The van der Waals surface area contributed by atoms with Gasteiger partial charge in [-0.3, -0.25) is 4.79 Å². The largest absolute Gasteiger partial charge is 0.344 e. The molecule has 0 aliphatic heterocycles. The molecule has 0 aliphatic carbocycles. The Morgan fingerprint density at radius 1 is 1.45 bits per heavy atom. The Hall–Kier alpha value is -1.21. The third-order valence-corrected chi connectivity index (χ3v) is 4.52. The summed E-state index contributed by atoms with van der Waals surface area (Å²) in [6, 6.07) is 2.06. The number of nitrogens with two attached hydrogens (primary N) is 1. The van der Waals surface area contributed by atoms with E-state index in [1.807, 2.05) is 0 Å². The van der Waals surface area contributed by atoms with Crippen molar-refractivity contribution in [3.63, 3.8) is 0 Å². The van der Waals surface area contributed by atoms with Crippen molar-refractivity contribution in [2.24, 2.45) is 5.73 Å². The van der Waals surface area contributed by atoms with Crippen molar-refractivity contribution < 1.29 is 9.18 Å². The molecule has 1 aromatic carbocycles. The molecule has 3 N–H and O–H groups in total. The SMILES string of the molecule is CC(NC(=O)c1csc(CCN)n1)c1cc(F)c(Cl)cc1Cl. The van der Waals surface area contributed by atoms with Gasteiger partial charge < -0.3 is 11.1 Å². The minimum atomic E-state index is -0.582. The molecular formula is C14H14Cl2FN3OS. The zero-order chi connectivity index (χ0) is 16.3. The Labute approximate surface area is 141 Å². The number of benzene rings is 1. The van der Waals surface area contributed by atoms with Crippen LogP contribution in [-0.4, -0.2) is 17.4 Å². The van der Waals surface area contributed by atoms with Crippen molar-refractivity contribution in [2.75, 3.05) is 6.54 Å². The summed E-state index contributed by atoms with van der Waals surface area (Å²) in [6.07, 6.45) is 0.627. The van der Waals surface area contributed by atoms with E-state index in [0.717, 1.165) is 5.01 Å². The Morgan fingerprint density at radius 3 is 2.86 bits per heavy atom. The van der Waals surface area contributed by atoms with Crippen molar-refractivity contribution in [3.05, 3.63) is 49.6 Å². The number of thiazole rings is 1. The molecule has 1 aromatic heterocycles. The minimum Gasteiger partial charge on any atom is -0.344 e. The molecule has 0 bridgehead atoms. The van der Waals surface area contributed by atoms with Crippen molar-refractivity contribution in [2.45, 2.75) is 19.4 Å². The second kappa shape index (κ2) is 7.37. The van der Waals surface area contributed by atoms with Gasteiger partial charge in [0.05, 0.1) is 16.1 Å². The minimum absolute atomic E-state index is 0.0572. The van der Waals surface area contributed by atoms with Crippen LogP contribution in [0.4, 0.5) is 4.39 Å². The van der Waals surface area contributed by atoms with Crippen LogP contribution in [0.2, 0.25) is 10.0 Å². The smallest absolute Gasteiger partial charge is 0.271 e. The number of rotatable bonds is 5. The third kappa shape index (κ3) is 3.95. The normalized spacial score (nSPS) is 12.2. The van der Waals surface area contributed by atoms with Crippen LogP contribution in [0.15, 0.2) is 17.5 Å². The first-order valence-corrected chi connectivity index (χ1v) is 8.15. The summed E-state index contributed by atoms with van der Waals surface area (Å²) in [5.74, 6) is -0.931. The fraction of sp³-hybridized carbons (Fsp3) is 0.286. The topological polar surface area (TPSA) is 68.0 Å². The van der Waals surface area contributed by atoms with Crippen LogP contribution in [0, 0.1) is 5.82 Å². The van der Waals surface area contributed by atoms with Gasteiger partial charge in [0, 0.05) is 16.8 Å². The number of hydrogen-bond acceptors (Lipinski definition) is 4. The molecular weight excluding hydrogens is 348 g/mol. The highest BCUT2D eigenvalue weighted by Gasteiger charge is 2.18. The Kier molecular flexibility index (Phi) is 5.74. The van der Waals surface area contributed by atoms with Crippen LogP contribution in [-0.2, 0) is 6.42 Å². The second-order valence-electron chi connectivity index (χ2n) is 4.65. The maximum absolute atomic E-state index is 13.5. The van der Waals surface area contributed by atoms with Crippen LogP contribution in [0.3, 0.4) is 0 Å². The van der Waals surface area contributed by atoms with E-state index < -0.39 is 11.9 Å². The molecule has 0 spiro atoms. The number of carbonyl (C=O) groups excluding carboxylic acids is 1. The Balaban J connectivity index is 2.12. The summed E-state index contributed by atoms with van der Waals surface area (Å²) in [7, 11) is 0. The highest BCUT2D eigenvalue weighted by atomic mass is 35.5. The summed E-state index contributed by atoms with van der Waals surface area (Å²) >= 11 is 13.1. The van der Waals surface area contributed by atoms with Gasteiger partial charge in [-0.05, 0) is 31.2 Å². The van der Waals surface area contributed by atoms with E-state index in [9.17, 15) is 9.18 Å². The molecule has 118 valence electrons. The molecule has 0 radical (unpaired) electrons. The lowest BCUT2D eigenvalue weighted by atomic mass is 10.1. The van der Waals surface area contributed by atoms with Gasteiger partial charge in [-0.25, -0.2) is 9.37 Å². The van der Waals surface area contributed by atoms with Crippen LogP contribution < -0.4 is 11.1 Å². The molecule has 2 rings (SSSR count). The predicted molar refractivity (Wildman–Crippen MR) is 87.2 cm³/mol. The number of hydrogen-bond donors (Lipinski definition) is 2. The highest BCUT2D eigenvalue weighted by Crippen LogP contribution is 2.28. The molecule has 0 saturated heterocycles. The molecule has 8 heteroatoms. The Bertz CT molecular complexity index is 693. The first kappa shape index (κ1) is 17.1. The molecule has 0 saturated carbocycles. The van der Waals surface area contributed by atoms with Gasteiger partial charge in [-0.15, -0.1) is 11.3 Å². The molecule has 4 nitrogen and oxygen atoms in total. The quantitative estimate of drug-likeness (QED) is 0.799. The third-order valence-electron chi connectivity index (χ3n) is 3.00. The summed E-state index contributed by atoms with van der Waals surface area (Å²) in [5.41, 5.74) is 6.21. The molecule has 0 fully saturated rings. The lowest BCUT2D eigenvalue weighted by Crippen LogP contribution is -2.27. The van der Waals surface area contributed by atoms with Crippen LogP contribution in [0.25, 0.3) is 0 Å². The van der Waals surface area contributed by atoms with Gasteiger partial charge in [0.25, 0.3) is 5.91 Å². The van der Waals surface area contributed by atoms with Crippen LogP contribution in [0.5, 0.6) is 0 Å². The lowest BCUT2D eigenvalue weighted by molar-refractivity contribution is 0.0935. The number of amides is 1. The summed E-state index contributed by atoms with van der Waals surface area (Å²) < 4.78 is 13.5. The molecule has 0 aliphatic rings. The van der Waals surface area contributed by atoms with E-state index in [0.29, 0.717) is 29.2 Å². The zero-order valence-corrected chi connectivity index (χ0v) is 14.0. The van der Waals surface area contributed by atoms with E-state index >= 15 is 0 Å². The maximum atomic E-state index is 13.5. The van der Waals surface area contributed by atoms with Crippen molar-refractivity contribution in [1.82, 2.24) is 10.3 Å². The van der Waals surface area contributed by atoms with Crippen molar-refractivity contribution >= 4 is 40.4 Å². The van der Waals surface area contributed by atoms with Crippen molar-refractivity contribution in [1.29, 1.82) is 0 Å². The van der Waals surface area contributed by atoms with Crippen LogP contribution >= 0.6 is 34.5 Å². The first-order chi connectivity index (χ1) is 10.4. The van der Waals surface area contributed by atoms with Gasteiger partial charge in [0.2, 0.25) is 0 Å². The summed E-state index contributed by atoms with van der Waals surface area (Å²) in [5, 5.41) is 5.44. The van der Waals surface area contributed by atoms with Gasteiger partial charge in [-0.1, -0.05) is 23.2 Å².